The third-order valence-electron chi connectivity index (χ3n) is 3.50. The van der Waals surface area contributed by atoms with E-state index in [1.165, 1.54) is 0 Å². The van der Waals surface area contributed by atoms with Gasteiger partial charge in [0.15, 0.2) is 0 Å². The zero-order chi connectivity index (χ0) is 15.2. The third kappa shape index (κ3) is 3.91. The summed E-state index contributed by atoms with van der Waals surface area (Å²) in [6.07, 6.45) is 3.35. The largest absolute Gasteiger partial charge is 0.481 e. The number of nitrogens with zero attached hydrogens (tertiary/aromatic N) is 2. The van der Waals surface area contributed by atoms with Gasteiger partial charge in [0.05, 0.1) is 19.3 Å². The molecule has 0 aromatic carbocycles. The van der Waals surface area contributed by atoms with Crippen LogP contribution in [0.1, 0.15) is 12.5 Å². The number of rotatable bonds is 5. The molecule has 2 heterocycles. The van der Waals surface area contributed by atoms with Crippen LogP contribution in [-0.2, 0) is 16.1 Å². The molecule has 0 spiro atoms. The fraction of sp³-hybridized carbons (Fsp3) is 0.500. The van der Waals surface area contributed by atoms with E-state index in [0.717, 1.165) is 5.56 Å². The van der Waals surface area contributed by atoms with Crippen LogP contribution >= 0.6 is 0 Å². The van der Waals surface area contributed by atoms with Crippen molar-refractivity contribution in [2.45, 2.75) is 19.5 Å². The number of urea groups is 1. The Morgan fingerprint density at radius 2 is 2.14 bits per heavy atom. The van der Waals surface area contributed by atoms with E-state index in [1.807, 2.05) is 19.1 Å². The SMILES string of the molecule is CCN(Cc1ccncc1)C(=O)NC1COCC1C(=O)O. The van der Waals surface area contributed by atoms with Crippen LogP contribution in [0.15, 0.2) is 24.5 Å². The zero-order valence-electron chi connectivity index (χ0n) is 11.9. The van der Waals surface area contributed by atoms with Crippen molar-refractivity contribution in [2.75, 3.05) is 19.8 Å². The molecular formula is C14H19N3O4. The quantitative estimate of drug-likeness (QED) is 0.834. The van der Waals surface area contributed by atoms with Crippen molar-refractivity contribution < 1.29 is 19.4 Å². The lowest BCUT2D eigenvalue weighted by molar-refractivity contribution is -0.142. The molecule has 2 amide bonds. The summed E-state index contributed by atoms with van der Waals surface area (Å²) in [5.41, 5.74) is 0.972. The van der Waals surface area contributed by atoms with E-state index in [-0.39, 0.29) is 19.2 Å². The smallest absolute Gasteiger partial charge is 0.318 e. The lowest BCUT2D eigenvalue weighted by atomic mass is 10.0. The Hall–Kier alpha value is -2.15. The van der Waals surface area contributed by atoms with Crippen LogP contribution in [0.3, 0.4) is 0 Å². The predicted molar refractivity (Wildman–Crippen MR) is 74.6 cm³/mol. The van der Waals surface area contributed by atoms with E-state index in [2.05, 4.69) is 10.3 Å². The maximum atomic E-state index is 12.3. The molecule has 2 atom stereocenters. The number of carbonyl (C=O) groups is 2. The molecule has 1 aliphatic rings. The van der Waals surface area contributed by atoms with Crippen molar-refractivity contribution in [3.8, 4) is 0 Å². The van der Waals surface area contributed by atoms with Crippen LogP contribution in [0, 0.1) is 5.92 Å². The summed E-state index contributed by atoms with van der Waals surface area (Å²) in [5.74, 6) is -1.64. The second kappa shape index (κ2) is 7.03. The number of ether oxygens (including phenoxy) is 1. The minimum absolute atomic E-state index is 0.136. The Bertz CT molecular complexity index is 494. The Labute approximate surface area is 122 Å². The summed E-state index contributed by atoms with van der Waals surface area (Å²) < 4.78 is 5.14. The first kappa shape index (κ1) is 15.2. The highest BCUT2D eigenvalue weighted by Gasteiger charge is 2.35. The summed E-state index contributed by atoms with van der Waals surface area (Å²) in [4.78, 5) is 28.9. The predicted octanol–water partition coefficient (Wildman–Crippen LogP) is 0.713. The van der Waals surface area contributed by atoms with Crippen molar-refractivity contribution in [3.05, 3.63) is 30.1 Å². The van der Waals surface area contributed by atoms with E-state index in [9.17, 15) is 9.59 Å². The van der Waals surface area contributed by atoms with Gasteiger partial charge in [0.1, 0.15) is 5.92 Å². The van der Waals surface area contributed by atoms with E-state index in [1.54, 1.807) is 17.3 Å². The molecule has 7 nitrogen and oxygen atoms in total. The molecule has 1 aromatic heterocycles. The van der Waals surface area contributed by atoms with Crippen LogP contribution < -0.4 is 5.32 Å². The topological polar surface area (TPSA) is 91.8 Å². The standard InChI is InChI=1S/C14H19N3O4/c1-2-17(7-10-3-5-15-6-4-10)14(20)16-12-9-21-8-11(12)13(18)19/h3-6,11-12H,2,7-9H2,1H3,(H,16,20)(H,18,19). The first-order chi connectivity index (χ1) is 10.1. The summed E-state index contributed by atoms with van der Waals surface area (Å²) in [7, 11) is 0. The third-order valence-corrected chi connectivity index (χ3v) is 3.50. The highest BCUT2D eigenvalue weighted by atomic mass is 16.5. The molecule has 0 saturated carbocycles. The van der Waals surface area contributed by atoms with Gasteiger partial charge in [-0.3, -0.25) is 9.78 Å². The van der Waals surface area contributed by atoms with Crippen LogP contribution in [0.4, 0.5) is 4.79 Å². The lowest BCUT2D eigenvalue weighted by Gasteiger charge is -2.24. The molecule has 1 fully saturated rings. The van der Waals surface area contributed by atoms with E-state index >= 15 is 0 Å². The van der Waals surface area contributed by atoms with Gasteiger partial charge in [-0.1, -0.05) is 0 Å². The molecule has 114 valence electrons. The molecule has 0 radical (unpaired) electrons. The molecule has 1 aliphatic heterocycles. The Morgan fingerprint density at radius 1 is 1.43 bits per heavy atom. The normalized spacial score (nSPS) is 21.0. The molecule has 1 saturated heterocycles. The zero-order valence-corrected chi connectivity index (χ0v) is 11.9. The summed E-state index contributed by atoms with van der Waals surface area (Å²) in [6, 6.07) is 2.92. The Balaban J connectivity index is 1.95. The van der Waals surface area contributed by atoms with Crippen molar-refractivity contribution in [2.24, 2.45) is 5.92 Å². The Kier molecular flexibility index (Phi) is 5.10. The van der Waals surface area contributed by atoms with Gasteiger partial charge >= 0.3 is 12.0 Å². The molecule has 0 aliphatic carbocycles. The number of pyridine rings is 1. The van der Waals surface area contributed by atoms with Gasteiger partial charge in [0.25, 0.3) is 0 Å². The molecule has 1 aromatic rings. The summed E-state index contributed by atoms with van der Waals surface area (Å²) in [5, 5.41) is 11.8. The van der Waals surface area contributed by atoms with Crippen molar-refractivity contribution >= 4 is 12.0 Å². The maximum Gasteiger partial charge on any atom is 0.318 e. The van der Waals surface area contributed by atoms with Gasteiger partial charge in [-0.15, -0.1) is 0 Å². The van der Waals surface area contributed by atoms with Gasteiger partial charge in [0.2, 0.25) is 0 Å². The number of carbonyl (C=O) groups excluding carboxylic acids is 1. The van der Waals surface area contributed by atoms with Crippen LogP contribution in [0.5, 0.6) is 0 Å². The average Bonchev–Trinajstić information content (AvgIpc) is 2.94. The van der Waals surface area contributed by atoms with Crippen molar-refractivity contribution in [3.63, 3.8) is 0 Å². The number of carboxylic acids is 1. The monoisotopic (exact) mass is 293 g/mol. The second-order valence-electron chi connectivity index (χ2n) is 4.91. The van der Waals surface area contributed by atoms with Gasteiger partial charge in [-0.2, -0.15) is 0 Å². The van der Waals surface area contributed by atoms with Crippen LogP contribution in [0.25, 0.3) is 0 Å². The molecule has 21 heavy (non-hydrogen) atoms. The molecule has 7 heteroatoms. The van der Waals surface area contributed by atoms with Crippen LogP contribution in [0.2, 0.25) is 0 Å². The number of aromatic nitrogens is 1. The van der Waals surface area contributed by atoms with Gasteiger partial charge in [-0.25, -0.2) is 4.79 Å². The molecule has 2 N–H and O–H groups in total. The van der Waals surface area contributed by atoms with Gasteiger partial charge in [-0.05, 0) is 24.6 Å². The lowest BCUT2D eigenvalue weighted by Crippen LogP contribution is -2.48. The van der Waals surface area contributed by atoms with E-state index in [0.29, 0.717) is 13.1 Å². The van der Waals surface area contributed by atoms with E-state index in [4.69, 9.17) is 9.84 Å². The second-order valence-corrected chi connectivity index (χ2v) is 4.91. The number of hydrogen-bond donors (Lipinski definition) is 2. The number of aliphatic carboxylic acids is 1. The van der Waals surface area contributed by atoms with Crippen molar-refractivity contribution in [1.82, 2.24) is 15.2 Å². The van der Waals surface area contributed by atoms with Crippen molar-refractivity contribution in [1.29, 1.82) is 0 Å². The van der Waals surface area contributed by atoms with E-state index < -0.39 is 17.9 Å². The maximum absolute atomic E-state index is 12.3. The first-order valence-electron chi connectivity index (χ1n) is 6.86. The fourth-order valence-corrected chi connectivity index (χ4v) is 2.23. The fourth-order valence-electron chi connectivity index (χ4n) is 2.23. The highest BCUT2D eigenvalue weighted by molar-refractivity contribution is 5.77. The molecular weight excluding hydrogens is 274 g/mol. The summed E-state index contributed by atoms with van der Waals surface area (Å²) in [6.45, 7) is 3.22. The Morgan fingerprint density at radius 3 is 2.76 bits per heavy atom. The van der Waals surface area contributed by atoms with Gasteiger partial charge < -0.3 is 20.1 Å². The van der Waals surface area contributed by atoms with Gasteiger partial charge in [0, 0.05) is 25.5 Å². The number of carboxylic acid groups (broad SMARTS) is 1. The number of amides is 2. The summed E-state index contributed by atoms with van der Waals surface area (Å²) >= 11 is 0. The molecule has 2 rings (SSSR count). The number of hydrogen-bond acceptors (Lipinski definition) is 4. The number of nitrogens with one attached hydrogen (secondary N) is 1. The molecule has 0 bridgehead atoms. The molecule has 2 unspecified atom stereocenters. The first-order valence-corrected chi connectivity index (χ1v) is 6.86. The average molecular weight is 293 g/mol. The minimum atomic E-state index is -0.949. The van der Waals surface area contributed by atoms with Crippen LogP contribution in [-0.4, -0.2) is 52.8 Å². The minimum Gasteiger partial charge on any atom is -0.481 e. The highest BCUT2D eigenvalue weighted by Crippen LogP contribution is 2.14.